The van der Waals surface area contributed by atoms with Gasteiger partial charge in [0.25, 0.3) is 5.91 Å². The van der Waals surface area contributed by atoms with Crippen molar-refractivity contribution in [3.8, 4) is 0 Å². The van der Waals surface area contributed by atoms with Crippen LogP contribution in [-0.4, -0.2) is 42.2 Å². The van der Waals surface area contributed by atoms with Crippen LogP contribution in [0, 0.1) is 5.82 Å². The van der Waals surface area contributed by atoms with Crippen molar-refractivity contribution in [2.24, 2.45) is 5.73 Å². The summed E-state index contributed by atoms with van der Waals surface area (Å²) in [6.07, 6.45) is -1.94. The fourth-order valence-corrected chi connectivity index (χ4v) is 4.72. The third-order valence-corrected chi connectivity index (χ3v) is 6.49. The van der Waals surface area contributed by atoms with Gasteiger partial charge < -0.3 is 19.9 Å². The molecule has 1 saturated heterocycles. The molecule has 1 aliphatic heterocycles. The van der Waals surface area contributed by atoms with Gasteiger partial charge in [-0.05, 0) is 42.0 Å². The highest BCUT2D eigenvalue weighted by Gasteiger charge is 2.35. The lowest BCUT2D eigenvalue weighted by molar-refractivity contribution is -0.136. The van der Waals surface area contributed by atoms with Crippen LogP contribution >= 0.6 is 12.4 Å². The summed E-state index contributed by atoms with van der Waals surface area (Å²) < 4.78 is 62.0. The summed E-state index contributed by atoms with van der Waals surface area (Å²) in [6, 6.07) is 8.74. The summed E-state index contributed by atoms with van der Waals surface area (Å²) >= 11 is 0. The molecular weight excluding hydrogens is 486 g/mol. The van der Waals surface area contributed by atoms with Crippen molar-refractivity contribution in [1.29, 1.82) is 0 Å². The quantitative estimate of drug-likeness (QED) is 0.452. The van der Waals surface area contributed by atoms with Gasteiger partial charge in [0.2, 0.25) is 0 Å². The summed E-state index contributed by atoms with van der Waals surface area (Å²) in [7, 11) is 1.47. The van der Waals surface area contributed by atoms with E-state index in [1.165, 1.54) is 30.0 Å². The van der Waals surface area contributed by atoms with E-state index in [4.69, 9.17) is 10.5 Å². The largest absolute Gasteiger partial charge is 0.418 e. The number of ether oxygens (including phenoxy) is 1. The number of alkyl halides is 3. The number of rotatable bonds is 6. The number of carbonyl (C=O) groups is 1. The normalized spacial score (nSPS) is 14.9. The number of hydrogen-bond acceptors (Lipinski definition) is 3. The van der Waals surface area contributed by atoms with Gasteiger partial charge in [-0.3, -0.25) is 4.79 Å². The highest BCUT2D eigenvalue weighted by molar-refractivity contribution is 6.07. The van der Waals surface area contributed by atoms with Gasteiger partial charge in [-0.15, -0.1) is 12.4 Å². The zero-order valence-electron chi connectivity index (χ0n) is 19.3. The second-order valence-corrected chi connectivity index (χ2v) is 8.55. The Morgan fingerprint density at radius 3 is 2.51 bits per heavy atom. The Hall–Kier alpha value is -2.62. The van der Waals surface area contributed by atoms with Crippen LogP contribution in [0.1, 0.15) is 45.8 Å². The third-order valence-electron chi connectivity index (χ3n) is 6.49. The average Bonchev–Trinajstić information content (AvgIpc) is 3.20. The molecule has 0 unspecified atom stereocenters. The van der Waals surface area contributed by atoms with Crippen LogP contribution in [0.2, 0.25) is 0 Å². The van der Waals surface area contributed by atoms with Crippen LogP contribution in [0.4, 0.5) is 17.6 Å². The molecule has 2 heterocycles. The number of nitrogens with zero attached hydrogens (tertiary/aromatic N) is 2. The monoisotopic (exact) mass is 513 g/mol. The standard InChI is InChI=1S/C25H27F4N3O2.ClH/c1-34-12-11-32-15-20(18-3-2-4-21(23(18)32)25(27,28)29)24(33)31-9-7-17(8-10-31)19-13-16(14-30)5-6-22(19)26;/h2-6,13,15,17H,7-12,14,30H2,1H3;1H. The van der Waals surface area contributed by atoms with Crippen LogP contribution in [-0.2, 0) is 24.0 Å². The molecule has 0 saturated carbocycles. The number of halogens is 5. The maximum atomic E-state index is 14.4. The Morgan fingerprint density at radius 2 is 1.89 bits per heavy atom. The molecule has 0 spiro atoms. The van der Waals surface area contributed by atoms with E-state index in [2.05, 4.69) is 0 Å². The number of fused-ring (bicyclic) bond motifs is 1. The molecule has 0 atom stereocenters. The molecule has 4 rings (SSSR count). The van der Waals surface area contributed by atoms with Crippen molar-refractivity contribution >= 4 is 29.2 Å². The number of aromatic nitrogens is 1. The SMILES string of the molecule is COCCn1cc(C(=O)N2CCC(c3cc(CN)ccc3F)CC2)c2cccc(C(F)(F)F)c21.Cl. The van der Waals surface area contributed by atoms with Crippen LogP contribution in [0.3, 0.4) is 0 Å². The summed E-state index contributed by atoms with van der Waals surface area (Å²) in [5, 5.41) is 0.264. The molecule has 10 heteroatoms. The van der Waals surface area contributed by atoms with Gasteiger partial charge in [-0.2, -0.15) is 13.2 Å². The molecule has 35 heavy (non-hydrogen) atoms. The number of amides is 1. The number of carbonyl (C=O) groups excluding carboxylic acids is 1. The predicted molar refractivity (Wildman–Crippen MR) is 128 cm³/mol. The van der Waals surface area contributed by atoms with Gasteiger partial charge in [0.15, 0.2) is 0 Å². The smallest absolute Gasteiger partial charge is 0.383 e. The van der Waals surface area contributed by atoms with Crippen LogP contribution in [0.25, 0.3) is 10.9 Å². The molecule has 3 aromatic rings. The minimum Gasteiger partial charge on any atom is -0.383 e. The fraction of sp³-hybridized carbons (Fsp3) is 0.400. The van der Waals surface area contributed by atoms with Crippen molar-refractivity contribution in [3.63, 3.8) is 0 Å². The second kappa shape index (κ2) is 11.0. The van der Waals surface area contributed by atoms with Crippen molar-refractivity contribution in [2.45, 2.75) is 38.0 Å². The van der Waals surface area contributed by atoms with E-state index in [9.17, 15) is 22.4 Å². The molecule has 0 bridgehead atoms. The Balaban J connectivity index is 0.00000342. The predicted octanol–water partition coefficient (Wildman–Crippen LogP) is 5.35. The van der Waals surface area contributed by atoms with Crippen molar-refractivity contribution in [2.75, 3.05) is 26.8 Å². The van der Waals surface area contributed by atoms with E-state index in [1.807, 2.05) is 0 Å². The fourth-order valence-electron chi connectivity index (χ4n) is 4.72. The first-order valence-electron chi connectivity index (χ1n) is 11.2. The highest BCUT2D eigenvalue weighted by Crippen LogP contribution is 2.37. The van der Waals surface area contributed by atoms with E-state index in [-0.39, 0.29) is 59.7 Å². The van der Waals surface area contributed by atoms with Gasteiger partial charge in [0, 0.05) is 44.9 Å². The van der Waals surface area contributed by atoms with Crippen molar-refractivity contribution < 1.29 is 27.1 Å². The maximum absolute atomic E-state index is 14.4. The second-order valence-electron chi connectivity index (χ2n) is 8.55. The van der Waals surface area contributed by atoms with Crippen LogP contribution < -0.4 is 5.73 Å². The lowest BCUT2D eigenvalue weighted by Crippen LogP contribution is -2.38. The summed E-state index contributed by atoms with van der Waals surface area (Å²) in [5.74, 6) is -0.659. The molecule has 5 nitrogen and oxygen atoms in total. The first-order chi connectivity index (χ1) is 16.2. The maximum Gasteiger partial charge on any atom is 0.418 e. The number of hydrogen-bond donors (Lipinski definition) is 1. The van der Waals surface area contributed by atoms with E-state index in [1.54, 1.807) is 23.1 Å². The van der Waals surface area contributed by atoms with Crippen molar-refractivity contribution in [1.82, 2.24) is 9.47 Å². The first kappa shape index (κ1) is 27.0. The zero-order valence-corrected chi connectivity index (χ0v) is 20.1. The highest BCUT2D eigenvalue weighted by atomic mass is 35.5. The number of piperidine rings is 1. The Bertz CT molecular complexity index is 1190. The van der Waals surface area contributed by atoms with Gasteiger partial charge in [0.05, 0.1) is 23.3 Å². The number of para-hydroxylation sites is 1. The Labute approximate surface area is 207 Å². The lowest BCUT2D eigenvalue weighted by Gasteiger charge is -2.32. The van der Waals surface area contributed by atoms with Gasteiger partial charge in [0.1, 0.15) is 5.82 Å². The third kappa shape index (κ3) is 5.47. The molecule has 0 aliphatic carbocycles. The minimum atomic E-state index is -4.55. The number of benzene rings is 2. The molecular formula is C25H28ClF4N3O2. The average molecular weight is 514 g/mol. The van der Waals surface area contributed by atoms with Crippen molar-refractivity contribution in [3.05, 3.63) is 70.7 Å². The molecule has 0 radical (unpaired) electrons. The first-order valence-corrected chi connectivity index (χ1v) is 11.2. The molecule has 1 amide bonds. The zero-order chi connectivity index (χ0) is 24.5. The van der Waals surface area contributed by atoms with Gasteiger partial charge >= 0.3 is 6.18 Å². The lowest BCUT2D eigenvalue weighted by atomic mass is 9.88. The minimum absolute atomic E-state index is 0. The summed E-state index contributed by atoms with van der Waals surface area (Å²) in [5.41, 5.74) is 6.55. The van der Waals surface area contributed by atoms with Gasteiger partial charge in [-0.25, -0.2) is 4.39 Å². The Morgan fingerprint density at radius 1 is 1.17 bits per heavy atom. The molecule has 2 N–H and O–H groups in total. The molecule has 2 aromatic carbocycles. The molecule has 1 aliphatic rings. The number of likely N-dealkylation sites (tertiary alicyclic amines) is 1. The summed E-state index contributed by atoms with van der Waals surface area (Å²) in [6.45, 7) is 1.49. The van der Waals surface area contributed by atoms with Gasteiger partial charge in [-0.1, -0.05) is 24.3 Å². The van der Waals surface area contributed by atoms with E-state index < -0.39 is 11.7 Å². The van der Waals surface area contributed by atoms with E-state index >= 15 is 0 Å². The molecule has 1 aromatic heterocycles. The van der Waals surface area contributed by atoms with Crippen LogP contribution in [0.15, 0.2) is 42.6 Å². The molecule has 1 fully saturated rings. The summed E-state index contributed by atoms with van der Waals surface area (Å²) in [4.78, 5) is 15.0. The van der Waals surface area contributed by atoms with E-state index in [0.29, 0.717) is 38.0 Å². The van der Waals surface area contributed by atoms with Crippen LogP contribution in [0.5, 0.6) is 0 Å². The number of nitrogens with two attached hydrogens (primary N) is 1. The topological polar surface area (TPSA) is 60.5 Å². The molecule has 190 valence electrons. The van der Waals surface area contributed by atoms with E-state index in [0.717, 1.165) is 11.6 Å². The Kier molecular flexibility index (Phi) is 8.46. The number of methoxy groups -OCH3 is 1.